The van der Waals surface area contributed by atoms with Gasteiger partial charge in [-0.25, -0.2) is 0 Å². The third-order valence-electron chi connectivity index (χ3n) is 12.7. The van der Waals surface area contributed by atoms with Gasteiger partial charge < -0.3 is 54.7 Å². The highest BCUT2D eigenvalue weighted by Crippen LogP contribution is 2.67. The Morgan fingerprint density at radius 1 is 0.884 bits per heavy atom. The largest absolute Gasteiger partial charge is 0.394 e. The zero-order valence-corrected chi connectivity index (χ0v) is 25.6. The predicted molar refractivity (Wildman–Crippen MR) is 152 cm³/mol. The smallest absolute Gasteiger partial charge is 0.186 e. The van der Waals surface area contributed by atoms with Gasteiger partial charge in [-0.3, -0.25) is 0 Å². The Hall–Kier alpha value is -0.700. The fraction of sp³-hybridized carbons (Fsp3) is 0.938. The maximum absolute atomic E-state index is 10.6. The maximum Gasteiger partial charge on any atom is 0.186 e. The molecule has 17 unspecified atom stereocenters. The average molecular weight is 613 g/mol. The number of hydrogen-bond donors (Lipinski definition) is 7. The Labute approximate surface area is 253 Å². The minimum atomic E-state index is -1.45. The zero-order chi connectivity index (χ0) is 30.8. The summed E-state index contributed by atoms with van der Waals surface area (Å²) in [6, 6.07) is 0. The molecule has 0 aromatic carbocycles. The Bertz CT molecular complexity index is 1020. The van der Waals surface area contributed by atoms with Gasteiger partial charge in [-0.1, -0.05) is 25.5 Å². The predicted octanol–water partition coefficient (Wildman–Crippen LogP) is 0.595. The highest BCUT2D eigenvalue weighted by molar-refractivity contribution is 5.25. The molecule has 0 spiro atoms. The van der Waals surface area contributed by atoms with Crippen LogP contribution in [0.25, 0.3) is 0 Å². The number of allylic oxidation sites excluding steroid dienone is 1. The highest BCUT2D eigenvalue weighted by Gasteiger charge is 2.60. The van der Waals surface area contributed by atoms with E-state index in [-0.39, 0.29) is 35.6 Å². The van der Waals surface area contributed by atoms with E-state index in [4.69, 9.17) is 18.9 Å². The molecule has 43 heavy (non-hydrogen) atoms. The maximum atomic E-state index is 10.6. The monoisotopic (exact) mass is 612 g/mol. The molecule has 17 atom stereocenters. The first kappa shape index (κ1) is 32.2. The number of aliphatic hydroxyl groups excluding tert-OH is 7. The van der Waals surface area contributed by atoms with Crippen molar-refractivity contribution in [2.45, 2.75) is 140 Å². The topological polar surface area (TPSA) is 179 Å². The van der Waals surface area contributed by atoms with Gasteiger partial charge in [0, 0.05) is 0 Å². The molecule has 6 aliphatic rings. The van der Waals surface area contributed by atoms with Crippen molar-refractivity contribution in [3.05, 3.63) is 11.6 Å². The summed E-state index contributed by atoms with van der Waals surface area (Å²) in [4.78, 5) is 0. The molecule has 6 rings (SSSR count). The van der Waals surface area contributed by atoms with Crippen LogP contribution < -0.4 is 0 Å². The second-order valence-corrected chi connectivity index (χ2v) is 14.8. The number of aliphatic hydroxyl groups is 7. The van der Waals surface area contributed by atoms with Gasteiger partial charge in [0.2, 0.25) is 0 Å². The Morgan fingerprint density at radius 2 is 1.63 bits per heavy atom. The first-order chi connectivity index (χ1) is 20.4. The van der Waals surface area contributed by atoms with Gasteiger partial charge in [-0.15, -0.1) is 0 Å². The number of rotatable bonds is 6. The van der Waals surface area contributed by atoms with Crippen LogP contribution in [-0.4, -0.2) is 116 Å². The number of ether oxygens (including phenoxy) is 4. The summed E-state index contributed by atoms with van der Waals surface area (Å²) in [6.45, 7) is 6.28. The third kappa shape index (κ3) is 5.44. The molecule has 0 aromatic heterocycles. The minimum Gasteiger partial charge on any atom is -0.394 e. The highest BCUT2D eigenvalue weighted by atomic mass is 16.7. The van der Waals surface area contributed by atoms with Gasteiger partial charge in [0.05, 0.1) is 25.4 Å². The van der Waals surface area contributed by atoms with Gasteiger partial charge in [-0.05, 0) is 92.8 Å². The van der Waals surface area contributed by atoms with E-state index in [2.05, 4.69) is 19.9 Å². The number of hydrogen-bond acceptors (Lipinski definition) is 11. The van der Waals surface area contributed by atoms with E-state index in [1.54, 1.807) is 0 Å². The fourth-order valence-electron chi connectivity index (χ4n) is 10.1. The van der Waals surface area contributed by atoms with Crippen LogP contribution in [0.3, 0.4) is 0 Å². The molecule has 11 heteroatoms. The lowest BCUT2D eigenvalue weighted by molar-refractivity contribution is -0.315. The van der Waals surface area contributed by atoms with Gasteiger partial charge in [0.1, 0.15) is 42.7 Å². The molecule has 4 aliphatic carbocycles. The lowest BCUT2D eigenvalue weighted by Crippen LogP contribution is -2.60. The molecule has 0 radical (unpaired) electrons. The van der Waals surface area contributed by atoms with Crippen LogP contribution in [0.2, 0.25) is 0 Å². The van der Waals surface area contributed by atoms with Crippen molar-refractivity contribution in [3.8, 4) is 0 Å². The van der Waals surface area contributed by atoms with Crippen molar-refractivity contribution >= 4 is 0 Å². The van der Waals surface area contributed by atoms with Gasteiger partial charge >= 0.3 is 0 Å². The molecule has 2 heterocycles. The summed E-state index contributed by atoms with van der Waals surface area (Å²) in [5, 5.41) is 70.7. The Morgan fingerprint density at radius 3 is 2.37 bits per heavy atom. The SMILES string of the molecule is CC(OC1OC(CO)C(O)C(O)C1O)C1CCC2C3CC=C4CC(OC5OCC(O)C(O)C5O)CCC4(C)C3CCC12C. The van der Waals surface area contributed by atoms with E-state index < -0.39 is 61.9 Å². The molecule has 11 nitrogen and oxygen atoms in total. The van der Waals surface area contributed by atoms with E-state index in [1.165, 1.54) is 5.57 Å². The van der Waals surface area contributed by atoms with E-state index in [9.17, 15) is 35.7 Å². The summed E-state index contributed by atoms with van der Waals surface area (Å²) >= 11 is 0. The van der Waals surface area contributed by atoms with Crippen molar-refractivity contribution in [2.75, 3.05) is 13.2 Å². The van der Waals surface area contributed by atoms with E-state index in [0.717, 1.165) is 51.4 Å². The molecule has 5 fully saturated rings. The molecule has 7 N–H and O–H groups in total. The molecule has 0 bridgehead atoms. The summed E-state index contributed by atoms with van der Waals surface area (Å²) < 4.78 is 23.6. The van der Waals surface area contributed by atoms with Crippen LogP contribution in [0, 0.1) is 34.5 Å². The molecule has 2 saturated heterocycles. The normalized spacial score (nSPS) is 54.2. The van der Waals surface area contributed by atoms with E-state index >= 15 is 0 Å². The average Bonchev–Trinajstić information content (AvgIpc) is 3.35. The summed E-state index contributed by atoms with van der Waals surface area (Å²) in [6.07, 6.45) is -0.921. The lowest BCUT2D eigenvalue weighted by Gasteiger charge is -2.58. The van der Waals surface area contributed by atoms with Crippen molar-refractivity contribution in [1.29, 1.82) is 0 Å². The summed E-state index contributed by atoms with van der Waals surface area (Å²) in [5.41, 5.74) is 1.58. The van der Waals surface area contributed by atoms with Crippen molar-refractivity contribution in [3.63, 3.8) is 0 Å². The van der Waals surface area contributed by atoms with Crippen LogP contribution in [0.4, 0.5) is 0 Å². The van der Waals surface area contributed by atoms with Crippen molar-refractivity contribution in [1.82, 2.24) is 0 Å². The first-order valence-corrected chi connectivity index (χ1v) is 16.4. The first-order valence-electron chi connectivity index (χ1n) is 16.4. The van der Waals surface area contributed by atoms with Crippen molar-refractivity contribution in [2.24, 2.45) is 34.5 Å². The van der Waals surface area contributed by atoms with Crippen LogP contribution in [0.5, 0.6) is 0 Å². The standard InChI is InChI=1S/C32H52O11/c1-15(41-30-28(39)26(37)25(36)23(13-33)43-30)19-6-7-20-18-5-4-16-12-17(42-29-27(38)24(35)22(34)14-40-29)8-10-31(16,2)21(18)9-11-32(19,20)3/h4,15,17-30,33-39H,5-14H2,1-3H3. The summed E-state index contributed by atoms with van der Waals surface area (Å²) in [7, 11) is 0. The fourth-order valence-corrected chi connectivity index (χ4v) is 10.1. The van der Waals surface area contributed by atoms with Crippen LogP contribution >= 0.6 is 0 Å². The van der Waals surface area contributed by atoms with Crippen LogP contribution in [0.15, 0.2) is 11.6 Å². The van der Waals surface area contributed by atoms with E-state index in [0.29, 0.717) is 17.8 Å². The van der Waals surface area contributed by atoms with Gasteiger partial charge in [-0.2, -0.15) is 0 Å². The molecular formula is C32H52O11. The molecule has 0 aromatic rings. The molecule has 2 aliphatic heterocycles. The lowest BCUT2D eigenvalue weighted by atomic mass is 9.47. The second kappa shape index (κ2) is 12.2. The summed E-state index contributed by atoms with van der Waals surface area (Å²) in [5.74, 6) is 1.93. The molecule has 3 saturated carbocycles. The molecular weight excluding hydrogens is 560 g/mol. The van der Waals surface area contributed by atoms with Crippen molar-refractivity contribution < 1.29 is 54.7 Å². The Balaban J connectivity index is 1.11. The van der Waals surface area contributed by atoms with Gasteiger partial charge in [0.25, 0.3) is 0 Å². The Kier molecular flexibility index (Phi) is 9.11. The van der Waals surface area contributed by atoms with Crippen LogP contribution in [0.1, 0.15) is 72.1 Å². The zero-order valence-electron chi connectivity index (χ0n) is 25.6. The third-order valence-corrected chi connectivity index (χ3v) is 12.7. The molecule has 246 valence electrons. The van der Waals surface area contributed by atoms with Crippen LogP contribution in [-0.2, 0) is 18.9 Å². The van der Waals surface area contributed by atoms with E-state index in [1.807, 2.05) is 6.92 Å². The quantitative estimate of drug-likeness (QED) is 0.209. The molecule has 0 amide bonds. The minimum absolute atomic E-state index is 0.0624. The van der Waals surface area contributed by atoms with Gasteiger partial charge in [0.15, 0.2) is 12.6 Å². The number of fused-ring (bicyclic) bond motifs is 5. The second-order valence-electron chi connectivity index (χ2n) is 14.8.